The molecule has 2 saturated heterocycles. The number of hydrogen-bond donors (Lipinski definition) is 2. The average molecular weight is 447 g/mol. The van der Waals surface area contributed by atoms with Gasteiger partial charge in [-0.2, -0.15) is 0 Å². The number of amides is 1. The van der Waals surface area contributed by atoms with Crippen molar-refractivity contribution in [3.63, 3.8) is 0 Å². The minimum absolute atomic E-state index is 0.156. The van der Waals surface area contributed by atoms with Crippen LogP contribution in [0.5, 0.6) is 5.75 Å². The number of H-pyrrole nitrogens is 1. The molecule has 2 aliphatic rings. The van der Waals surface area contributed by atoms with Gasteiger partial charge in [-0.3, -0.25) is 9.69 Å². The normalized spacial score (nSPS) is 19.8. The second-order valence-corrected chi connectivity index (χ2v) is 9.45. The maximum atomic E-state index is 12.6. The Balaban J connectivity index is 1.07. The quantitative estimate of drug-likeness (QED) is 0.576. The van der Waals surface area contributed by atoms with Crippen molar-refractivity contribution in [1.82, 2.24) is 15.2 Å². The maximum absolute atomic E-state index is 12.6. The summed E-state index contributed by atoms with van der Waals surface area (Å²) in [6, 6.07) is 16.8. The Morgan fingerprint density at radius 2 is 1.91 bits per heavy atom. The number of piperidine rings is 1. The number of para-hydroxylation sites is 1. The van der Waals surface area contributed by atoms with E-state index in [1.807, 2.05) is 6.07 Å². The highest BCUT2D eigenvalue weighted by atomic mass is 16.5. The van der Waals surface area contributed by atoms with Gasteiger partial charge in [-0.25, -0.2) is 0 Å². The maximum Gasteiger partial charge on any atom is 0.234 e. The van der Waals surface area contributed by atoms with E-state index in [1.54, 1.807) is 7.11 Å². The molecule has 1 atom stereocenters. The summed E-state index contributed by atoms with van der Waals surface area (Å²) in [7, 11) is 1.71. The Labute approximate surface area is 195 Å². The molecular weight excluding hydrogens is 412 g/mol. The number of ether oxygens (including phenoxy) is 1. The van der Waals surface area contributed by atoms with Crippen molar-refractivity contribution in [2.75, 3.05) is 51.3 Å². The molecular formula is C27H34N4O2. The summed E-state index contributed by atoms with van der Waals surface area (Å²) in [5.41, 5.74) is 3.81. The summed E-state index contributed by atoms with van der Waals surface area (Å²) in [5.74, 6) is 2.10. The molecule has 6 heteroatoms. The van der Waals surface area contributed by atoms with Crippen LogP contribution in [0, 0.1) is 5.92 Å². The van der Waals surface area contributed by atoms with Crippen molar-refractivity contribution < 1.29 is 9.53 Å². The van der Waals surface area contributed by atoms with Crippen LogP contribution in [0.1, 0.15) is 30.7 Å². The molecule has 0 bridgehead atoms. The molecule has 0 radical (unpaired) electrons. The third-order valence-corrected chi connectivity index (χ3v) is 7.31. The lowest BCUT2D eigenvalue weighted by Gasteiger charge is -2.31. The van der Waals surface area contributed by atoms with Crippen LogP contribution in [0.25, 0.3) is 10.9 Å². The molecule has 1 aromatic heterocycles. The van der Waals surface area contributed by atoms with Crippen molar-refractivity contribution >= 4 is 22.5 Å². The predicted molar refractivity (Wildman–Crippen MR) is 133 cm³/mol. The molecule has 6 nitrogen and oxygen atoms in total. The van der Waals surface area contributed by atoms with E-state index >= 15 is 0 Å². The third-order valence-electron chi connectivity index (χ3n) is 7.31. The molecule has 0 aliphatic carbocycles. The van der Waals surface area contributed by atoms with Gasteiger partial charge in [0.05, 0.1) is 13.7 Å². The number of anilines is 1. The van der Waals surface area contributed by atoms with E-state index < -0.39 is 0 Å². The number of methoxy groups -OCH3 is 1. The number of nitrogens with zero attached hydrogens (tertiary/aromatic N) is 2. The molecule has 2 fully saturated rings. The van der Waals surface area contributed by atoms with Gasteiger partial charge in [-0.1, -0.05) is 18.2 Å². The summed E-state index contributed by atoms with van der Waals surface area (Å²) in [6.45, 7) is 5.28. The Bertz CT molecular complexity index is 1070. The van der Waals surface area contributed by atoms with Gasteiger partial charge in [0.2, 0.25) is 5.91 Å². The monoisotopic (exact) mass is 446 g/mol. The fourth-order valence-corrected chi connectivity index (χ4v) is 5.38. The number of aromatic nitrogens is 1. The first-order valence-corrected chi connectivity index (χ1v) is 12.1. The van der Waals surface area contributed by atoms with Crippen LogP contribution in [0.3, 0.4) is 0 Å². The van der Waals surface area contributed by atoms with Gasteiger partial charge >= 0.3 is 0 Å². The molecule has 1 amide bonds. The van der Waals surface area contributed by atoms with E-state index in [0.717, 1.165) is 63.3 Å². The molecule has 1 unspecified atom stereocenters. The summed E-state index contributed by atoms with van der Waals surface area (Å²) in [4.78, 5) is 20.7. The number of nitrogens with one attached hydrogen (secondary N) is 2. The van der Waals surface area contributed by atoms with E-state index in [2.05, 4.69) is 68.8 Å². The fourth-order valence-electron chi connectivity index (χ4n) is 5.38. The van der Waals surface area contributed by atoms with Crippen molar-refractivity contribution in [2.45, 2.75) is 25.2 Å². The first-order valence-electron chi connectivity index (χ1n) is 12.1. The lowest BCUT2D eigenvalue weighted by molar-refractivity contribution is -0.122. The fraction of sp³-hybridized carbons (Fsp3) is 0.444. The van der Waals surface area contributed by atoms with Gasteiger partial charge in [-0.15, -0.1) is 0 Å². The Morgan fingerprint density at radius 3 is 2.70 bits per heavy atom. The SMILES string of the molecule is COc1ccc2[nH]cc(C3CCN(CC(=O)NCC4CCN(c5ccccc5)C4)CC3)c2c1. The van der Waals surface area contributed by atoms with E-state index in [4.69, 9.17) is 4.74 Å². The molecule has 33 heavy (non-hydrogen) atoms. The Morgan fingerprint density at radius 1 is 1.09 bits per heavy atom. The second-order valence-electron chi connectivity index (χ2n) is 9.45. The van der Waals surface area contributed by atoms with Gasteiger partial charge in [0.25, 0.3) is 0 Å². The van der Waals surface area contributed by atoms with Crippen LogP contribution < -0.4 is 15.0 Å². The van der Waals surface area contributed by atoms with Crippen LogP contribution in [0.15, 0.2) is 54.7 Å². The number of hydrogen-bond acceptors (Lipinski definition) is 4. The number of carbonyl (C=O) groups excluding carboxylic acids is 1. The van der Waals surface area contributed by atoms with Gasteiger partial charge in [0, 0.05) is 42.4 Å². The largest absolute Gasteiger partial charge is 0.497 e. The van der Waals surface area contributed by atoms with E-state index in [-0.39, 0.29) is 5.91 Å². The van der Waals surface area contributed by atoms with Crippen LogP contribution in [-0.2, 0) is 4.79 Å². The topological polar surface area (TPSA) is 60.6 Å². The molecule has 3 heterocycles. The highest BCUT2D eigenvalue weighted by Gasteiger charge is 2.26. The third kappa shape index (κ3) is 5.01. The highest BCUT2D eigenvalue weighted by Crippen LogP contribution is 2.34. The first-order chi connectivity index (χ1) is 16.2. The summed E-state index contributed by atoms with van der Waals surface area (Å²) < 4.78 is 5.41. The molecule has 2 aromatic carbocycles. The van der Waals surface area contributed by atoms with Crippen molar-refractivity contribution in [3.8, 4) is 5.75 Å². The number of likely N-dealkylation sites (tertiary alicyclic amines) is 1. The molecule has 2 N–H and O–H groups in total. The van der Waals surface area contributed by atoms with Crippen LogP contribution >= 0.6 is 0 Å². The van der Waals surface area contributed by atoms with E-state index in [0.29, 0.717) is 18.4 Å². The Kier molecular flexibility index (Phi) is 6.53. The van der Waals surface area contributed by atoms with Gasteiger partial charge in [0.1, 0.15) is 5.75 Å². The van der Waals surface area contributed by atoms with Crippen LogP contribution in [0.2, 0.25) is 0 Å². The van der Waals surface area contributed by atoms with E-state index in [1.165, 1.54) is 16.6 Å². The van der Waals surface area contributed by atoms with E-state index in [9.17, 15) is 4.79 Å². The summed E-state index contributed by atoms with van der Waals surface area (Å²) in [6.07, 6.45) is 5.44. The lowest BCUT2D eigenvalue weighted by Crippen LogP contribution is -2.42. The minimum Gasteiger partial charge on any atom is -0.497 e. The van der Waals surface area contributed by atoms with Gasteiger partial charge < -0.3 is 19.9 Å². The summed E-state index contributed by atoms with van der Waals surface area (Å²) in [5, 5.41) is 4.45. The van der Waals surface area contributed by atoms with Crippen molar-refractivity contribution in [3.05, 3.63) is 60.3 Å². The van der Waals surface area contributed by atoms with Crippen LogP contribution in [0.4, 0.5) is 5.69 Å². The highest BCUT2D eigenvalue weighted by molar-refractivity contribution is 5.85. The average Bonchev–Trinajstić information content (AvgIpc) is 3.51. The molecule has 2 aliphatic heterocycles. The number of fused-ring (bicyclic) bond motifs is 1. The zero-order chi connectivity index (χ0) is 22.6. The number of carbonyl (C=O) groups is 1. The number of rotatable bonds is 7. The first kappa shape index (κ1) is 21.8. The van der Waals surface area contributed by atoms with Crippen molar-refractivity contribution in [2.24, 2.45) is 5.92 Å². The van der Waals surface area contributed by atoms with Crippen molar-refractivity contribution in [1.29, 1.82) is 0 Å². The smallest absolute Gasteiger partial charge is 0.234 e. The standard InChI is InChI=1S/C27H34N4O2/c1-33-23-7-8-26-24(15-23)25(17-28-26)21-10-12-30(13-11-21)19-27(32)29-16-20-9-14-31(18-20)22-5-3-2-4-6-22/h2-8,15,17,20-21,28H,9-14,16,18-19H2,1H3,(H,29,32). The van der Waals surface area contributed by atoms with Gasteiger partial charge in [-0.05, 0) is 80.1 Å². The molecule has 0 spiro atoms. The molecule has 5 rings (SSSR count). The minimum atomic E-state index is 0.156. The summed E-state index contributed by atoms with van der Waals surface area (Å²) >= 11 is 0. The second kappa shape index (κ2) is 9.87. The number of benzene rings is 2. The van der Waals surface area contributed by atoms with Gasteiger partial charge in [0.15, 0.2) is 0 Å². The zero-order valence-corrected chi connectivity index (χ0v) is 19.4. The molecule has 0 saturated carbocycles. The lowest BCUT2D eigenvalue weighted by atomic mass is 9.89. The molecule has 174 valence electrons. The van der Waals surface area contributed by atoms with Crippen LogP contribution in [-0.4, -0.2) is 62.2 Å². The Hall–Kier alpha value is -2.99. The number of aromatic amines is 1. The molecule has 3 aromatic rings. The zero-order valence-electron chi connectivity index (χ0n) is 19.4. The predicted octanol–water partition coefficient (Wildman–Crippen LogP) is 4.00.